The van der Waals surface area contributed by atoms with Crippen molar-refractivity contribution in [3.05, 3.63) is 41.7 Å². The van der Waals surface area contributed by atoms with E-state index in [9.17, 15) is 9.90 Å². The highest BCUT2D eigenvalue weighted by Gasteiger charge is 2.14. The average molecular weight is 290 g/mol. The first-order valence-electron chi connectivity index (χ1n) is 7.87. The predicted molar refractivity (Wildman–Crippen MR) is 86.2 cm³/mol. The molecule has 0 unspecified atom stereocenters. The predicted octanol–water partition coefficient (Wildman–Crippen LogP) is 5.18. The van der Waals surface area contributed by atoms with Gasteiger partial charge in [-0.3, -0.25) is 0 Å². The van der Waals surface area contributed by atoms with Crippen molar-refractivity contribution in [3.63, 3.8) is 0 Å². The SMILES string of the molecule is CCCCCCCCCC(=C(O)C(=O)O)c1ccccc1. The van der Waals surface area contributed by atoms with Gasteiger partial charge >= 0.3 is 5.97 Å². The molecule has 0 fully saturated rings. The summed E-state index contributed by atoms with van der Waals surface area (Å²) in [5.74, 6) is -1.77. The molecule has 0 aliphatic carbocycles. The average Bonchev–Trinajstić information content (AvgIpc) is 2.50. The Labute approximate surface area is 127 Å². The summed E-state index contributed by atoms with van der Waals surface area (Å²) >= 11 is 0. The number of aliphatic carboxylic acids is 1. The van der Waals surface area contributed by atoms with Crippen molar-refractivity contribution in [2.24, 2.45) is 0 Å². The second kappa shape index (κ2) is 10.0. The van der Waals surface area contributed by atoms with Crippen LogP contribution in [0.5, 0.6) is 0 Å². The fourth-order valence-electron chi connectivity index (χ4n) is 2.43. The van der Waals surface area contributed by atoms with Crippen LogP contribution in [0.1, 0.15) is 63.9 Å². The third-order valence-corrected chi connectivity index (χ3v) is 3.64. The largest absolute Gasteiger partial charge is 0.502 e. The highest BCUT2D eigenvalue weighted by atomic mass is 16.4. The maximum absolute atomic E-state index is 11.0. The molecule has 3 nitrogen and oxygen atoms in total. The summed E-state index contributed by atoms with van der Waals surface area (Å²) in [6, 6.07) is 9.28. The number of allylic oxidation sites excluding steroid dienone is 1. The second-order valence-electron chi connectivity index (χ2n) is 5.37. The van der Waals surface area contributed by atoms with Gasteiger partial charge in [0.1, 0.15) is 0 Å². The lowest BCUT2D eigenvalue weighted by Gasteiger charge is -2.09. The van der Waals surface area contributed by atoms with Gasteiger partial charge in [0.25, 0.3) is 0 Å². The first kappa shape index (κ1) is 17.3. The zero-order valence-electron chi connectivity index (χ0n) is 12.8. The van der Waals surface area contributed by atoms with Crippen LogP contribution in [0.15, 0.2) is 36.1 Å². The first-order chi connectivity index (χ1) is 10.2. The molecule has 0 saturated carbocycles. The molecule has 0 aromatic heterocycles. The standard InChI is InChI=1S/C18H26O3/c1-2-3-4-5-6-7-11-14-16(17(19)18(20)21)15-12-9-8-10-13-15/h8-10,12-13,19H,2-7,11,14H2,1H3,(H,20,21). The summed E-state index contributed by atoms with van der Waals surface area (Å²) in [6.45, 7) is 2.20. The van der Waals surface area contributed by atoms with Gasteiger partial charge in [-0.2, -0.15) is 0 Å². The summed E-state index contributed by atoms with van der Waals surface area (Å²) < 4.78 is 0. The molecule has 0 aliphatic rings. The minimum atomic E-state index is -1.25. The number of rotatable bonds is 10. The van der Waals surface area contributed by atoms with Crippen LogP contribution in [-0.2, 0) is 4.79 Å². The van der Waals surface area contributed by atoms with Crippen LogP contribution in [0.2, 0.25) is 0 Å². The molecule has 0 aliphatic heterocycles. The lowest BCUT2D eigenvalue weighted by Crippen LogP contribution is -2.03. The van der Waals surface area contributed by atoms with E-state index in [1.54, 1.807) is 0 Å². The first-order valence-corrected chi connectivity index (χ1v) is 7.87. The number of hydrogen-bond acceptors (Lipinski definition) is 2. The maximum Gasteiger partial charge on any atom is 0.371 e. The van der Waals surface area contributed by atoms with Gasteiger partial charge in [0.2, 0.25) is 5.76 Å². The summed E-state index contributed by atoms with van der Waals surface area (Å²) in [4.78, 5) is 11.0. The lowest BCUT2D eigenvalue weighted by atomic mass is 9.97. The Bertz CT molecular complexity index is 449. The van der Waals surface area contributed by atoms with Crippen LogP contribution in [0.3, 0.4) is 0 Å². The molecular weight excluding hydrogens is 264 g/mol. The second-order valence-corrected chi connectivity index (χ2v) is 5.37. The van der Waals surface area contributed by atoms with Crippen LogP contribution in [-0.4, -0.2) is 16.2 Å². The number of carboxylic acids is 1. The number of aliphatic hydroxyl groups is 1. The van der Waals surface area contributed by atoms with Gasteiger partial charge < -0.3 is 10.2 Å². The Kier molecular flexibility index (Phi) is 8.25. The maximum atomic E-state index is 11.0. The number of benzene rings is 1. The third kappa shape index (κ3) is 6.48. The number of unbranched alkanes of at least 4 members (excludes halogenated alkanes) is 6. The molecule has 1 aromatic rings. The van der Waals surface area contributed by atoms with Crippen LogP contribution >= 0.6 is 0 Å². The third-order valence-electron chi connectivity index (χ3n) is 3.64. The number of carbonyl (C=O) groups is 1. The van der Waals surface area contributed by atoms with Gasteiger partial charge in [-0.15, -0.1) is 0 Å². The fourth-order valence-corrected chi connectivity index (χ4v) is 2.43. The highest BCUT2D eigenvalue weighted by Crippen LogP contribution is 2.24. The molecule has 1 aromatic carbocycles. The van der Waals surface area contributed by atoms with E-state index in [1.807, 2.05) is 30.3 Å². The molecule has 0 atom stereocenters. The molecule has 0 heterocycles. The number of hydrogen-bond donors (Lipinski definition) is 2. The molecule has 3 heteroatoms. The van der Waals surface area contributed by atoms with E-state index >= 15 is 0 Å². The molecule has 0 spiro atoms. The van der Waals surface area contributed by atoms with E-state index in [1.165, 1.54) is 32.1 Å². The van der Waals surface area contributed by atoms with E-state index in [0.717, 1.165) is 18.4 Å². The van der Waals surface area contributed by atoms with Gasteiger partial charge in [0, 0.05) is 5.57 Å². The van der Waals surface area contributed by atoms with Crippen molar-refractivity contribution in [2.45, 2.75) is 58.3 Å². The summed E-state index contributed by atoms with van der Waals surface area (Å²) in [7, 11) is 0. The van der Waals surface area contributed by atoms with Crippen LogP contribution in [0.4, 0.5) is 0 Å². The van der Waals surface area contributed by atoms with Crippen molar-refractivity contribution < 1.29 is 15.0 Å². The Morgan fingerprint density at radius 3 is 2.05 bits per heavy atom. The summed E-state index contributed by atoms with van der Waals surface area (Å²) in [5.41, 5.74) is 1.33. The topological polar surface area (TPSA) is 57.5 Å². The molecule has 0 bridgehead atoms. The van der Waals surface area contributed by atoms with E-state index in [-0.39, 0.29) is 0 Å². The summed E-state index contributed by atoms with van der Waals surface area (Å²) in [5, 5.41) is 18.8. The fraction of sp³-hybridized carbons (Fsp3) is 0.500. The quantitative estimate of drug-likeness (QED) is 0.354. The molecule has 0 radical (unpaired) electrons. The Balaban J connectivity index is 2.53. The molecule has 21 heavy (non-hydrogen) atoms. The van der Waals surface area contributed by atoms with Gasteiger partial charge in [0.15, 0.2) is 0 Å². The number of aliphatic hydroxyl groups excluding tert-OH is 1. The Morgan fingerprint density at radius 2 is 1.48 bits per heavy atom. The van der Waals surface area contributed by atoms with Gasteiger partial charge in [-0.1, -0.05) is 75.8 Å². The van der Waals surface area contributed by atoms with Crippen molar-refractivity contribution in [3.8, 4) is 0 Å². The minimum Gasteiger partial charge on any atom is -0.502 e. The normalized spacial score (nSPS) is 12.0. The van der Waals surface area contributed by atoms with E-state index in [0.29, 0.717) is 12.0 Å². The molecular formula is C18H26O3. The Morgan fingerprint density at radius 1 is 0.905 bits per heavy atom. The molecule has 1 rings (SSSR count). The van der Waals surface area contributed by atoms with Crippen molar-refractivity contribution in [2.75, 3.05) is 0 Å². The van der Waals surface area contributed by atoms with Crippen LogP contribution in [0, 0.1) is 0 Å². The monoisotopic (exact) mass is 290 g/mol. The smallest absolute Gasteiger partial charge is 0.371 e. The van der Waals surface area contributed by atoms with E-state index < -0.39 is 11.7 Å². The van der Waals surface area contributed by atoms with Gasteiger partial charge in [-0.25, -0.2) is 4.79 Å². The van der Waals surface area contributed by atoms with Crippen molar-refractivity contribution >= 4 is 11.5 Å². The molecule has 0 amide bonds. The van der Waals surface area contributed by atoms with Crippen LogP contribution < -0.4 is 0 Å². The van der Waals surface area contributed by atoms with Gasteiger partial charge in [-0.05, 0) is 18.4 Å². The summed E-state index contributed by atoms with van der Waals surface area (Å²) in [6.07, 6.45) is 8.82. The highest BCUT2D eigenvalue weighted by molar-refractivity contribution is 5.93. The zero-order chi connectivity index (χ0) is 15.5. The molecule has 2 N–H and O–H groups in total. The molecule has 116 valence electrons. The molecule has 0 saturated heterocycles. The lowest BCUT2D eigenvalue weighted by molar-refractivity contribution is -0.135. The van der Waals surface area contributed by atoms with Crippen molar-refractivity contribution in [1.29, 1.82) is 0 Å². The van der Waals surface area contributed by atoms with E-state index in [2.05, 4.69) is 6.92 Å². The zero-order valence-corrected chi connectivity index (χ0v) is 12.8. The van der Waals surface area contributed by atoms with Crippen LogP contribution in [0.25, 0.3) is 5.57 Å². The number of carboxylic acid groups (broad SMARTS) is 1. The van der Waals surface area contributed by atoms with Crippen molar-refractivity contribution in [1.82, 2.24) is 0 Å². The minimum absolute atomic E-state index is 0.521. The van der Waals surface area contributed by atoms with E-state index in [4.69, 9.17) is 5.11 Å². The van der Waals surface area contributed by atoms with Gasteiger partial charge in [0.05, 0.1) is 0 Å². The Hall–Kier alpha value is -1.77.